The van der Waals surface area contributed by atoms with Crippen molar-refractivity contribution in [3.05, 3.63) is 12.2 Å². The summed E-state index contributed by atoms with van der Waals surface area (Å²) >= 11 is 0. The molecule has 0 bridgehead atoms. The number of carbonyl (C=O) groups is 6. The molecule has 236 valence electrons. The van der Waals surface area contributed by atoms with Crippen LogP contribution in [0.3, 0.4) is 0 Å². The normalized spacial score (nSPS) is 28.6. The number of esters is 6. The minimum absolute atomic E-state index is 0.0804. The molecule has 0 amide bonds. The second kappa shape index (κ2) is 16.7. The molecule has 2 unspecified atom stereocenters. The predicted molar refractivity (Wildman–Crippen MR) is 134 cm³/mol. The van der Waals surface area contributed by atoms with Crippen molar-refractivity contribution < 1.29 is 76.1 Å². The number of rotatable bonds is 14. The fourth-order valence-electron chi connectivity index (χ4n) is 4.06. The SMILES string of the molecule is CC(=O)OC[C@H]1OC(OC/C=C/COC2O[C@H](COC(C)=O)[C@@H](OC(C)=O)[C@H]2OC(C)=O)[C@H](OC(C)=O)[C@@H]1OC(C)=O. The zero-order valence-corrected chi connectivity index (χ0v) is 24.1. The third-order valence-electron chi connectivity index (χ3n) is 5.52. The molecule has 0 radical (unpaired) electrons. The molecular formula is C26H36O16. The van der Waals surface area contributed by atoms with E-state index in [1.165, 1.54) is 26.0 Å². The molecular weight excluding hydrogens is 568 g/mol. The average Bonchev–Trinajstić information content (AvgIpc) is 3.34. The Morgan fingerprint density at radius 1 is 0.500 bits per heavy atom. The quantitative estimate of drug-likeness (QED) is 0.144. The molecule has 0 aromatic rings. The van der Waals surface area contributed by atoms with Crippen molar-refractivity contribution in [2.75, 3.05) is 26.4 Å². The van der Waals surface area contributed by atoms with Crippen molar-refractivity contribution in [1.29, 1.82) is 0 Å². The van der Waals surface area contributed by atoms with Crippen molar-refractivity contribution >= 4 is 35.8 Å². The summed E-state index contributed by atoms with van der Waals surface area (Å²) in [5.74, 6) is -3.86. The van der Waals surface area contributed by atoms with Gasteiger partial charge in [0.25, 0.3) is 0 Å². The Bertz CT molecular complexity index is 930. The van der Waals surface area contributed by atoms with Gasteiger partial charge in [0.05, 0.1) is 13.2 Å². The lowest BCUT2D eigenvalue weighted by atomic mass is 10.1. The Morgan fingerprint density at radius 2 is 0.810 bits per heavy atom. The van der Waals surface area contributed by atoms with Crippen LogP contribution in [-0.2, 0) is 76.1 Å². The Balaban J connectivity index is 2.01. The van der Waals surface area contributed by atoms with Gasteiger partial charge in [-0.3, -0.25) is 28.8 Å². The van der Waals surface area contributed by atoms with Crippen LogP contribution in [0.5, 0.6) is 0 Å². The summed E-state index contributed by atoms with van der Waals surface area (Å²) in [4.78, 5) is 69.1. The lowest BCUT2D eigenvalue weighted by Gasteiger charge is -2.23. The molecule has 16 nitrogen and oxygen atoms in total. The van der Waals surface area contributed by atoms with Crippen LogP contribution in [0, 0.1) is 0 Å². The maximum Gasteiger partial charge on any atom is 0.303 e. The smallest absolute Gasteiger partial charge is 0.303 e. The first kappa shape index (κ1) is 34.6. The molecule has 2 saturated heterocycles. The standard InChI is InChI=1S/C26H36O16/c1-13(27)35-11-19-21(37-15(3)29)23(39-17(5)31)25(41-19)33-9-7-8-10-34-26-24(40-18(6)32)22(38-16(4)30)20(42-26)12-36-14(2)28/h7-8,19-26H,9-12H2,1-6H3/b8-7+/t19-,20-,21-,22-,23-,24-,25?,26?/m1/s1. The van der Waals surface area contributed by atoms with E-state index in [9.17, 15) is 28.8 Å². The van der Waals surface area contributed by atoms with Gasteiger partial charge in [-0.2, -0.15) is 0 Å². The summed E-state index contributed by atoms with van der Waals surface area (Å²) in [5, 5.41) is 0. The van der Waals surface area contributed by atoms with E-state index in [-0.39, 0.29) is 26.4 Å². The van der Waals surface area contributed by atoms with Gasteiger partial charge in [0.2, 0.25) is 0 Å². The Kier molecular flexibility index (Phi) is 13.8. The van der Waals surface area contributed by atoms with Crippen LogP contribution < -0.4 is 0 Å². The van der Waals surface area contributed by atoms with E-state index in [2.05, 4.69) is 0 Å². The molecule has 42 heavy (non-hydrogen) atoms. The molecule has 0 N–H and O–H groups in total. The summed E-state index contributed by atoms with van der Waals surface area (Å²) in [6.07, 6.45) is -5.64. The van der Waals surface area contributed by atoms with Crippen molar-refractivity contribution in [1.82, 2.24) is 0 Å². The van der Waals surface area contributed by atoms with Crippen LogP contribution in [-0.4, -0.2) is 111 Å². The summed E-state index contributed by atoms with van der Waals surface area (Å²) in [7, 11) is 0. The first-order valence-electron chi connectivity index (χ1n) is 12.9. The van der Waals surface area contributed by atoms with Gasteiger partial charge in [-0.05, 0) is 0 Å². The molecule has 2 fully saturated rings. The highest BCUT2D eigenvalue weighted by atomic mass is 16.7. The highest BCUT2D eigenvalue weighted by Crippen LogP contribution is 2.30. The number of hydrogen-bond donors (Lipinski definition) is 0. The monoisotopic (exact) mass is 604 g/mol. The third kappa shape index (κ3) is 11.3. The number of hydrogen-bond acceptors (Lipinski definition) is 16. The van der Waals surface area contributed by atoms with Crippen LogP contribution in [0.2, 0.25) is 0 Å². The summed E-state index contributed by atoms with van der Waals surface area (Å²) in [6.45, 7) is 6.34. The van der Waals surface area contributed by atoms with Crippen molar-refractivity contribution in [3.8, 4) is 0 Å². The van der Waals surface area contributed by atoms with Crippen molar-refractivity contribution in [2.45, 2.75) is 90.7 Å². The van der Waals surface area contributed by atoms with E-state index in [0.29, 0.717) is 0 Å². The lowest BCUT2D eigenvalue weighted by molar-refractivity contribution is -0.187. The second-order valence-electron chi connectivity index (χ2n) is 9.13. The van der Waals surface area contributed by atoms with Gasteiger partial charge in [-0.15, -0.1) is 0 Å². The van der Waals surface area contributed by atoms with Crippen LogP contribution in [0.1, 0.15) is 41.5 Å². The highest BCUT2D eigenvalue weighted by molar-refractivity contribution is 5.68. The van der Waals surface area contributed by atoms with Crippen LogP contribution in [0.15, 0.2) is 12.2 Å². The predicted octanol–water partition coefficient (Wildman–Crippen LogP) is -0.121. The van der Waals surface area contributed by atoms with Crippen LogP contribution in [0.25, 0.3) is 0 Å². The largest absolute Gasteiger partial charge is 0.463 e. The first-order valence-corrected chi connectivity index (χ1v) is 12.9. The summed E-state index contributed by atoms with van der Waals surface area (Å²) < 4.78 is 53.7. The van der Waals surface area contributed by atoms with Crippen LogP contribution >= 0.6 is 0 Å². The molecule has 8 atom stereocenters. The minimum Gasteiger partial charge on any atom is -0.463 e. The van der Waals surface area contributed by atoms with E-state index in [0.717, 1.165) is 27.7 Å². The first-order chi connectivity index (χ1) is 19.8. The average molecular weight is 605 g/mol. The lowest BCUT2D eigenvalue weighted by Crippen LogP contribution is -2.41. The van der Waals surface area contributed by atoms with E-state index < -0.39 is 85.0 Å². The second-order valence-corrected chi connectivity index (χ2v) is 9.13. The van der Waals surface area contributed by atoms with Gasteiger partial charge < -0.3 is 47.4 Å². The molecule has 0 aliphatic carbocycles. The molecule has 0 aromatic heterocycles. The topological polar surface area (TPSA) is 195 Å². The Morgan fingerprint density at radius 3 is 1.10 bits per heavy atom. The van der Waals surface area contributed by atoms with Gasteiger partial charge >= 0.3 is 35.8 Å². The Hall–Kier alpha value is -3.60. The van der Waals surface area contributed by atoms with Crippen molar-refractivity contribution in [2.24, 2.45) is 0 Å². The van der Waals surface area contributed by atoms with Crippen molar-refractivity contribution in [3.63, 3.8) is 0 Å². The maximum atomic E-state index is 11.7. The minimum atomic E-state index is -1.16. The van der Waals surface area contributed by atoms with E-state index >= 15 is 0 Å². The van der Waals surface area contributed by atoms with E-state index in [1.54, 1.807) is 0 Å². The van der Waals surface area contributed by atoms with Gasteiger partial charge in [0.1, 0.15) is 25.4 Å². The Labute approximate surface area is 241 Å². The third-order valence-corrected chi connectivity index (χ3v) is 5.52. The van der Waals surface area contributed by atoms with Gasteiger partial charge in [0.15, 0.2) is 37.0 Å². The zero-order chi connectivity index (χ0) is 31.4. The maximum absolute atomic E-state index is 11.7. The summed E-state index contributed by atoms with van der Waals surface area (Å²) in [5.41, 5.74) is 0. The fourth-order valence-corrected chi connectivity index (χ4v) is 4.06. The molecule has 2 aliphatic rings. The molecule has 0 spiro atoms. The zero-order valence-electron chi connectivity index (χ0n) is 24.1. The van der Waals surface area contributed by atoms with Gasteiger partial charge in [-0.1, -0.05) is 12.2 Å². The van der Waals surface area contributed by atoms with Gasteiger partial charge in [-0.25, -0.2) is 0 Å². The molecule has 0 saturated carbocycles. The van der Waals surface area contributed by atoms with Gasteiger partial charge in [0, 0.05) is 41.5 Å². The molecule has 2 heterocycles. The van der Waals surface area contributed by atoms with E-state index in [4.69, 9.17) is 47.4 Å². The highest BCUT2D eigenvalue weighted by Gasteiger charge is 2.51. The molecule has 0 aromatic carbocycles. The number of ether oxygens (including phenoxy) is 10. The number of carbonyl (C=O) groups excluding carboxylic acids is 6. The summed E-state index contributed by atoms with van der Waals surface area (Å²) in [6, 6.07) is 0. The molecule has 2 rings (SSSR count). The van der Waals surface area contributed by atoms with Crippen LogP contribution in [0.4, 0.5) is 0 Å². The molecule has 16 heteroatoms. The molecule has 2 aliphatic heterocycles. The fraction of sp³-hybridized carbons (Fsp3) is 0.692. The van der Waals surface area contributed by atoms with E-state index in [1.807, 2.05) is 0 Å².